The molecule has 3 aromatic rings. The third kappa shape index (κ3) is 8.15. The fourth-order valence-corrected chi connectivity index (χ4v) is 4.92. The predicted molar refractivity (Wildman–Crippen MR) is 162 cm³/mol. The summed E-state index contributed by atoms with van der Waals surface area (Å²) < 4.78 is 45.6. The molecule has 0 aliphatic carbocycles. The van der Waals surface area contributed by atoms with Crippen molar-refractivity contribution in [2.24, 2.45) is 0 Å². The number of Topliss-reactive ketones (excluding diaryl/α,β-unsaturated/α-hetero) is 1. The number of carbonyl (C=O) groups is 3. The molecule has 1 amide bonds. The van der Waals surface area contributed by atoms with Gasteiger partial charge >= 0.3 is 12.1 Å². The van der Waals surface area contributed by atoms with Gasteiger partial charge in [0.1, 0.15) is 12.3 Å². The van der Waals surface area contributed by atoms with E-state index in [-0.39, 0.29) is 45.6 Å². The number of methoxy groups -OCH3 is 1. The predicted octanol–water partition coefficient (Wildman–Crippen LogP) is 3.80. The van der Waals surface area contributed by atoms with Crippen molar-refractivity contribution in [2.45, 2.75) is 52.8 Å². The molecule has 13 nitrogen and oxygen atoms in total. The number of hydrogen-bond donors (Lipinski definition) is 2. The lowest BCUT2D eigenvalue weighted by molar-refractivity contribution is -0.192. The number of morpholine rings is 1. The number of alkyl halides is 3. The number of aliphatic carboxylic acids is 1. The van der Waals surface area contributed by atoms with Gasteiger partial charge in [-0.3, -0.25) is 15.0 Å². The van der Waals surface area contributed by atoms with E-state index < -0.39 is 12.1 Å². The molecule has 0 spiro atoms. The molecule has 1 aliphatic rings. The van der Waals surface area contributed by atoms with Gasteiger partial charge in [-0.05, 0) is 31.4 Å². The van der Waals surface area contributed by atoms with Crippen molar-refractivity contribution in [3.63, 3.8) is 0 Å². The number of halogens is 4. The second-order valence-electron chi connectivity index (χ2n) is 11.2. The Morgan fingerprint density at radius 2 is 1.67 bits per heavy atom. The van der Waals surface area contributed by atoms with E-state index in [2.05, 4.69) is 35.9 Å². The van der Waals surface area contributed by atoms with Gasteiger partial charge in [0.05, 0.1) is 31.6 Å². The number of hydrogen-bond acceptors (Lipinski definition) is 9. The van der Waals surface area contributed by atoms with E-state index >= 15 is 0 Å². The van der Waals surface area contributed by atoms with Crippen LogP contribution in [0.2, 0.25) is 5.15 Å². The Hall–Kier alpha value is -4.18. The normalized spacial score (nSPS) is 13.7. The monoisotopic (exact) mass is 671 g/mol. The van der Waals surface area contributed by atoms with Gasteiger partial charge in [0, 0.05) is 43.4 Å². The molecule has 0 radical (unpaired) electrons. The van der Waals surface area contributed by atoms with E-state index in [0.717, 1.165) is 17.0 Å². The second-order valence-corrected chi connectivity index (χ2v) is 11.6. The third-order valence-corrected chi connectivity index (χ3v) is 7.42. The highest BCUT2D eigenvalue weighted by Crippen LogP contribution is 2.40. The molecule has 1 saturated heterocycles. The van der Waals surface area contributed by atoms with Gasteiger partial charge in [-0.25, -0.2) is 9.48 Å². The topological polar surface area (TPSA) is 155 Å². The molecule has 1 aliphatic heterocycles. The van der Waals surface area contributed by atoms with E-state index in [1.54, 1.807) is 12.0 Å². The van der Waals surface area contributed by atoms with Gasteiger partial charge in [-0.2, -0.15) is 22.8 Å². The first kappa shape index (κ1) is 36.3. The highest BCUT2D eigenvalue weighted by atomic mass is 35.5. The van der Waals surface area contributed by atoms with Crippen LogP contribution in [0.4, 0.5) is 18.9 Å². The minimum Gasteiger partial charge on any atom is -0.494 e. The first-order valence-electron chi connectivity index (χ1n) is 14.3. The van der Waals surface area contributed by atoms with E-state index in [9.17, 15) is 22.8 Å². The summed E-state index contributed by atoms with van der Waals surface area (Å²) in [5, 5.41) is 24.3. The first-order valence-corrected chi connectivity index (χ1v) is 14.7. The van der Waals surface area contributed by atoms with Crippen LogP contribution in [0.15, 0.2) is 18.2 Å². The van der Waals surface area contributed by atoms with Gasteiger partial charge in [0.2, 0.25) is 5.62 Å². The van der Waals surface area contributed by atoms with Crippen LogP contribution in [0, 0.1) is 5.41 Å². The smallest absolute Gasteiger partial charge is 0.490 e. The second kappa shape index (κ2) is 14.5. The highest BCUT2D eigenvalue weighted by molar-refractivity contribution is 6.32. The molecule has 0 saturated carbocycles. The molecule has 0 bridgehead atoms. The molecule has 1 aromatic carbocycles. The Kier molecular flexibility index (Phi) is 11.4. The van der Waals surface area contributed by atoms with Crippen LogP contribution in [0.1, 0.15) is 60.9 Å². The molecule has 0 unspecified atom stereocenters. The maximum Gasteiger partial charge on any atom is 0.490 e. The number of carbonyl (C=O) groups excluding carboxylic acids is 2. The Bertz CT molecular complexity index is 1660. The van der Waals surface area contributed by atoms with Crippen LogP contribution in [0.5, 0.6) is 5.75 Å². The summed E-state index contributed by atoms with van der Waals surface area (Å²) in [6.45, 7) is 13.4. The van der Waals surface area contributed by atoms with Crippen molar-refractivity contribution in [1.29, 1.82) is 5.41 Å². The van der Waals surface area contributed by atoms with Gasteiger partial charge < -0.3 is 24.4 Å². The lowest BCUT2D eigenvalue weighted by Crippen LogP contribution is -2.37. The molecule has 4 rings (SSSR count). The van der Waals surface area contributed by atoms with Crippen molar-refractivity contribution in [2.75, 3.05) is 51.4 Å². The summed E-state index contributed by atoms with van der Waals surface area (Å²) in [5.74, 6) is -2.50. The third-order valence-electron chi connectivity index (χ3n) is 7.14. The average molecular weight is 672 g/mol. The highest BCUT2D eigenvalue weighted by Gasteiger charge is 2.38. The van der Waals surface area contributed by atoms with Crippen molar-refractivity contribution in [3.8, 4) is 5.75 Å². The number of benzene rings is 1. The van der Waals surface area contributed by atoms with Crippen LogP contribution < -0.4 is 15.3 Å². The zero-order valence-electron chi connectivity index (χ0n) is 26.4. The lowest BCUT2D eigenvalue weighted by Gasteiger charge is -2.33. The maximum atomic E-state index is 13.6. The summed E-state index contributed by atoms with van der Waals surface area (Å²) in [6, 6.07) is 5.22. The zero-order valence-corrected chi connectivity index (χ0v) is 27.1. The van der Waals surface area contributed by atoms with E-state index in [1.165, 1.54) is 15.3 Å². The van der Waals surface area contributed by atoms with E-state index in [4.69, 9.17) is 36.4 Å². The molecule has 0 atom stereocenters. The summed E-state index contributed by atoms with van der Waals surface area (Å²) in [5.41, 5.74) is 2.30. The standard InChI is InChI=1S/C27H36ClN7O4.C2HF3O2/c1-7-32(8-2)25(37)18-15-22-30-34(26(29)35(22)31-24(18)28)16-21(36)17-13-19(27(3,4)5)23(38-6)20(14-17)33-9-11-39-12-10-33;3-2(4,5)1(6)7/h13-15,29H,7-12,16H2,1-6H3;(H,6,7). The zero-order chi connectivity index (χ0) is 34.6. The summed E-state index contributed by atoms with van der Waals surface area (Å²) in [4.78, 5) is 39.2. The molecular formula is C29H37ClF3N7O6. The Morgan fingerprint density at radius 3 is 2.17 bits per heavy atom. The van der Waals surface area contributed by atoms with Gasteiger partial charge in [0.25, 0.3) is 5.91 Å². The molecular weight excluding hydrogens is 635 g/mol. The number of anilines is 1. The number of amides is 1. The largest absolute Gasteiger partial charge is 0.494 e. The van der Waals surface area contributed by atoms with Gasteiger partial charge in [0.15, 0.2) is 16.6 Å². The van der Waals surface area contributed by atoms with Crippen LogP contribution >= 0.6 is 11.6 Å². The van der Waals surface area contributed by atoms with Crippen LogP contribution in [-0.4, -0.2) is 99.7 Å². The number of ether oxygens (including phenoxy) is 2. The minimum absolute atomic E-state index is 0.0242. The summed E-state index contributed by atoms with van der Waals surface area (Å²) >= 11 is 6.33. The quantitative estimate of drug-likeness (QED) is 0.340. The Morgan fingerprint density at radius 1 is 1.09 bits per heavy atom. The van der Waals surface area contributed by atoms with Crippen molar-refractivity contribution in [3.05, 3.63) is 45.7 Å². The number of rotatable bonds is 8. The number of carboxylic acid groups (broad SMARTS) is 1. The molecule has 46 heavy (non-hydrogen) atoms. The lowest BCUT2D eigenvalue weighted by atomic mass is 9.84. The van der Waals surface area contributed by atoms with Crippen molar-refractivity contribution in [1.82, 2.24) is 24.3 Å². The Balaban J connectivity index is 0.000000738. The molecule has 1 fully saturated rings. The minimum atomic E-state index is -5.08. The molecule has 17 heteroatoms. The number of nitrogens with zero attached hydrogens (tertiary/aromatic N) is 6. The molecule has 2 N–H and O–H groups in total. The number of ketones is 1. The molecule has 2 aromatic heterocycles. The van der Waals surface area contributed by atoms with Crippen LogP contribution in [0.3, 0.4) is 0 Å². The van der Waals surface area contributed by atoms with Gasteiger partial charge in [-0.1, -0.05) is 32.4 Å². The van der Waals surface area contributed by atoms with E-state index in [1.807, 2.05) is 26.0 Å². The number of fused-ring (bicyclic) bond motifs is 1. The fraction of sp³-hybridized carbons (Fsp3) is 0.517. The van der Waals surface area contributed by atoms with Crippen molar-refractivity contribution >= 4 is 40.6 Å². The Labute approximate surface area is 267 Å². The number of nitrogens with one attached hydrogen (secondary N) is 1. The summed E-state index contributed by atoms with van der Waals surface area (Å²) in [7, 11) is 1.65. The number of aromatic nitrogens is 4. The average Bonchev–Trinajstić information content (AvgIpc) is 3.29. The first-order chi connectivity index (χ1) is 21.4. The van der Waals surface area contributed by atoms with E-state index in [0.29, 0.717) is 45.0 Å². The van der Waals surface area contributed by atoms with Crippen LogP contribution in [0.25, 0.3) is 5.65 Å². The number of carboxylic acids is 1. The summed E-state index contributed by atoms with van der Waals surface area (Å²) in [6.07, 6.45) is -5.08. The molecule has 252 valence electrons. The van der Waals surface area contributed by atoms with Crippen molar-refractivity contribution < 1.29 is 42.1 Å². The maximum absolute atomic E-state index is 13.6. The molecule has 3 heterocycles. The van der Waals surface area contributed by atoms with Crippen LogP contribution in [-0.2, 0) is 21.5 Å². The van der Waals surface area contributed by atoms with Gasteiger partial charge in [-0.15, -0.1) is 5.10 Å². The SMILES string of the molecule is CCN(CC)C(=O)c1cc2nn(CC(=O)c3cc(N4CCOCC4)c(OC)c(C(C)(C)C)c3)c(=N)n2nc1Cl.O=C(O)C(F)(F)F. The fourth-order valence-electron chi connectivity index (χ4n) is 4.70.